The van der Waals surface area contributed by atoms with Crippen LogP contribution in [0.4, 0.5) is 0 Å². The van der Waals surface area contributed by atoms with Crippen molar-refractivity contribution in [2.45, 2.75) is 64.2 Å². The summed E-state index contributed by atoms with van der Waals surface area (Å²) in [6.45, 7) is 6.93. The zero-order valence-electron chi connectivity index (χ0n) is 17.9. The molecule has 148 valence electrons. The molecule has 1 unspecified atom stereocenters. The molecule has 1 saturated carbocycles. The molecule has 0 radical (unpaired) electrons. The Balaban J connectivity index is 1.78. The van der Waals surface area contributed by atoms with Crippen LogP contribution in [-0.4, -0.2) is 4.57 Å². The van der Waals surface area contributed by atoms with Crippen LogP contribution in [0.3, 0.4) is 0 Å². The van der Waals surface area contributed by atoms with E-state index < -0.39 is 0 Å². The number of hydrogen-bond donors (Lipinski definition) is 0. The fourth-order valence-electron chi connectivity index (χ4n) is 5.63. The van der Waals surface area contributed by atoms with E-state index in [0.29, 0.717) is 5.92 Å². The highest BCUT2D eigenvalue weighted by Crippen LogP contribution is 2.42. The number of para-hydroxylation sites is 1. The van der Waals surface area contributed by atoms with Crippen molar-refractivity contribution in [1.29, 1.82) is 0 Å². The van der Waals surface area contributed by atoms with Crippen molar-refractivity contribution in [3.8, 4) is 5.69 Å². The Morgan fingerprint density at radius 1 is 0.897 bits per heavy atom. The van der Waals surface area contributed by atoms with Crippen molar-refractivity contribution in [2.75, 3.05) is 0 Å². The number of rotatable bonds is 3. The molecule has 2 aromatic carbocycles. The Morgan fingerprint density at radius 3 is 2.31 bits per heavy atom. The Hall–Kier alpha value is -2.61. The molecule has 5 rings (SSSR count). The number of allylic oxidation sites excluding steroid dienone is 1. The minimum atomic E-state index is -0.0945. The first-order valence-electron chi connectivity index (χ1n) is 11.1. The molecule has 2 heterocycles. The second kappa shape index (κ2) is 7.02. The third kappa shape index (κ3) is 2.80. The fourth-order valence-corrected chi connectivity index (χ4v) is 5.63. The van der Waals surface area contributed by atoms with Gasteiger partial charge in [0.25, 0.3) is 5.82 Å². The number of fused-ring (bicyclic) bond motifs is 1. The maximum atomic E-state index is 2.57. The highest BCUT2D eigenvalue weighted by Gasteiger charge is 2.46. The van der Waals surface area contributed by atoms with Crippen LogP contribution >= 0.6 is 0 Å². The molecule has 1 aliphatic carbocycles. The lowest BCUT2D eigenvalue weighted by atomic mass is 9.80. The number of nitrogens with zero attached hydrogens (tertiary/aromatic N) is 2. The Morgan fingerprint density at radius 2 is 1.59 bits per heavy atom. The topological polar surface area (TPSA) is 8.81 Å². The van der Waals surface area contributed by atoms with Crippen LogP contribution in [0.2, 0.25) is 0 Å². The molecule has 0 N–H and O–H groups in total. The summed E-state index contributed by atoms with van der Waals surface area (Å²) in [4.78, 5) is 0. The fraction of sp³-hybridized carbons (Fsp3) is 0.370. The first kappa shape index (κ1) is 18.4. The third-order valence-electron chi connectivity index (χ3n) is 7.14. The summed E-state index contributed by atoms with van der Waals surface area (Å²) in [6, 6.07) is 19.8. The van der Waals surface area contributed by atoms with Gasteiger partial charge in [-0.05, 0) is 50.0 Å². The lowest BCUT2D eigenvalue weighted by Crippen LogP contribution is -2.37. The van der Waals surface area contributed by atoms with Gasteiger partial charge in [-0.15, -0.1) is 0 Å². The van der Waals surface area contributed by atoms with E-state index in [0.717, 1.165) is 0 Å². The predicted octanol–water partition coefficient (Wildman–Crippen LogP) is 6.22. The van der Waals surface area contributed by atoms with Gasteiger partial charge in [-0.1, -0.05) is 67.8 Å². The van der Waals surface area contributed by atoms with Gasteiger partial charge >= 0.3 is 0 Å². The molecule has 3 aromatic rings. The molecule has 0 amide bonds. The normalized spacial score (nSPS) is 21.5. The highest BCUT2D eigenvalue weighted by molar-refractivity contribution is 5.51. The zero-order valence-corrected chi connectivity index (χ0v) is 17.9. The van der Waals surface area contributed by atoms with Gasteiger partial charge in [-0.2, -0.15) is 4.57 Å². The average molecular weight is 384 g/mol. The van der Waals surface area contributed by atoms with Crippen molar-refractivity contribution in [2.24, 2.45) is 0 Å². The van der Waals surface area contributed by atoms with Crippen LogP contribution in [0.25, 0.3) is 11.9 Å². The average Bonchev–Trinajstić information content (AvgIpc) is 3.26. The Labute approximate surface area is 174 Å². The van der Waals surface area contributed by atoms with Crippen LogP contribution in [-0.2, 0) is 5.41 Å². The minimum Gasteiger partial charge on any atom is -0.202 e. The molecule has 2 aliphatic rings. The van der Waals surface area contributed by atoms with Gasteiger partial charge in [-0.3, -0.25) is 0 Å². The first-order chi connectivity index (χ1) is 14.1. The van der Waals surface area contributed by atoms with Gasteiger partial charge in [0.15, 0.2) is 11.4 Å². The van der Waals surface area contributed by atoms with Crippen molar-refractivity contribution < 1.29 is 4.57 Å². The van der Waals surface area contributed by atoms with Gasteiger partial charge in [0.2, 0.25) is 0 Å². The smallest absolute Gasteiger partial charge is 0.202 e. The highest BCUT2D eigenvalue weighted by atomic mass is 15.2. The Kier molecular flexibility index (Phi) is 4.46. The first-order valence-corrected chi connectivity index (χ1v) is 11.1. The molecule has 29 heavy (non-hydrogen) atoms. The number of aromatic nitrogens is 2. The van der Waals surface area contributed by atoms with Crippen LogP contribution in [0, 0.1) is 13.8 Å². The van der Waals surface area contributed by atoms with Crippen LogP contribution < -0.4 is 4.57 Å². The number of imidazole rings is 1. The summed E-state index contributed by atoms with van der Waals surface area (Å²) >= 11 is 0. The largest absolute Gasteiger partial charge is 0.269 e. The molecule has 1 atom stereocenters. The molecule has 0 spiro atoms. The molecule has 1 aliphatic heterocycles. The minimum absolute atomic E-state index is 0.0945. The van der Waals surface area contributed by atoms with Crippen LogP contribution in [0.5, 0.6) is 0 Å². The summed E-state index contributed by atoms with van der Waals surface area (Å²) in [5, 5.41) is 0. The van der Waals surface area contributed by atoms with Crippen molar-refractivity contribution >= 4 is 6.20 Å². The van der Waals surface area contributed by atoms with E-state index >= 15 is 0 Å². The maximum absolute atomic E-state index is 2.57. The van der Waals surface area contributed by atoms with E-state index in [9.17, 15) is 0 Å². The molecule has 0 bridgehead atoms. The van der Waals surface area contributed by atoms with Crippen LogP contribution in [0.1, 0.15) is 73.3 Å². The number of hydrogen-bond acceptors (Lipinski definition) is 0. The summed E-state index contributed by atoms with van der Waals surface area (Å²) < 4.78 is 5.11. The van der Waals surface area contributed by atoms with Gasteiger partial charge in [0.05, 0.1) is 17.5 Å². The van der Waals surface area contributed by atoms with E-state index in [2.05, 4.69) is 96.8 Å². The molecule has 1 aromatic heterocycles. The standard InChI is InChI=1S/C27H31N2/c1-20-12-10-11-17-24(20)29-21(2)25-27(3,23-15-8-5-9-16-23)18-19-28(25)26(29)22-13-6-4-7-14-22/h5,8-12,15-19,22H,4,6-7,13-14H2,1-3H3/q+1. The van der Waals surface area contributed by atoms with Gasteiger partial charge in [0, 0.05) is 6.92 Å². The quantitative estimate of drug-likeness (QED) is 0.475. The Bertz CT molecular complexity index is 1070. The molecular weight excluding hydrogens is 352 g/mol. The third-order valence-corrected chi connectivity index (χ3v) is 7.14. The van der Waals surface area contributed by atoms with E-state index in [4.69, 9.17) is 0 Å². The second-order valence-electron chi connectivity index (χ2n) is 9.00. The van der Waals surface area contributed by atoms with E-state index in [-0.39, 0.29) is 5.41 Å². The number of aryl methyl sites for hydroxylation is 1. The van der Waals surface area contributed by atoms with Crippen molar-refractivity contribution in [3.05, 3.63) is 89.0 Å². The monoisotopic (exact) mass is 383 g/mol. The molecular formula is C27H31N2+. The van der Waals surface area contributed by atoms with Crippen molar-refractivity contribution in [3.63, 3.8) is 0 Å². The van der Waals surface area contributed by atoms with E-state index in [1.165, 1.54) is 66.1 Å². The molecule has 2 nitrogen and oxygen atoms in total. The summed E-state index contributed by atoms with van der Waals surface area (Å²) in [5.74, 6) is 2.10. The molecule has 1 fully saturated rings. The van der Waals surface area contributed by atoms with Gasteiger partial charge in [-0.25, -0.2) is 4.57 Å². The lowest BCUT2D eigenvalue weighted by molar-refractivity contribution is -0.584. The van der Waals surface area contributed by atoms with Gasteiger partial charge < -0.3 is 0 Å². The van der Waals surface area contributed by atoms with Crippen LogP contribution in [0.15, 0.2) is 60.7 Å². The second-order valence-corrected chi connectivity index (χ2v) is 9.00. The predicted molar refractivity (Wildman–Crippen MR) is 119 cm³/mol. The summed E-state index contributed by atoms with van der Waals surface area (Å²) in [6.07, 6.45) is 11.4. The summed E-state index contributed by atoms with van der Waals surface area (Å²) in [5.41, 5.74) is 6.73. The van der Waals surface area contributed by atoms with E-state index in [1.54, 1.807) is 0 Å². The SMILES string of the molecule is Cc1ccccc1-n1c(C)c2[n+](c1C1CCCCC1)C=CC2(C)c1ccccc1. The van der Waals surface area contributed by atoms with E-state index in [1.807, 2.05) is 0 Å². The molecule has 2 heteroatoms. The van der Waals surface area contributed by atoms with Gasteiger partial charge in [0.1, 0.15) is 5.69 Å². The maximum Gasteiger partial charge on any atom is 0.269 e. The van der Waals surface area contributed by atoms with Crippen molar-refractivity contribution in [1.82, 2.24) is 4.57 Å². The number of benzene rings is 2. The molecule has 0 saturated heterocycles. The zero-order chi connectivity index (χ0) is 20.0. The lowest BCUT2D eigenvalue weighted by Gasteiger charge is -2.20. The summed E-state index contributed by atoms with van der Waals surface area (Å²) in [7, 11) is 0.